The molecule has 0 amide bonds. The molecular weight excluding hydrogens is 228 g/mol. The second-order valence-corrected chi connectivity index (χ2v) is 4.84. The Morgan fingerprint density at radius 2 is 2.11 bits per heavy atom. The quantitative estimate of drug-likeness (QED) is 0.695. The van der Waals surface area contributed by atoms with E-state index in [0.29, 0.717) is 18.2 Å². The first-order chi connectivity index (χ1) is 8.61. The van der Waals surface area contributed by atoms with E-state index in [1.54, 1.807) is 13.2 Å². The van der Waals surface area contributed by atoms with E-state index in [1.165, 1.54) is 12.8 Å². The van der Waals surface area contributed by atoms with Gasteiger partial charge in [-0.1, -0.05) is 26.7 Å². The third kappa shape index (κ3) is 5.82. The van der Waals surface area contributed by atoms with E-state index < -0.39 is 0 Å². The second-order valence-electron chi connectivity index (χ2n) is 4.84. The molecule has 0 fully saturated rings. The highest BCUT2D eigenvalue weighted by Crippen LogP contribution is 2.10. The zero-order valence-electron chi connectivity index (χ0n) is 11.6. The van der Waals surface area contributed by atoms with E-state index in [-0.39, 0.29) is 0 Å². The minimum absolute atomic E-state index is 0.382. The fourth-order valence-electron chi connectivity index (χ4n) is 1.70. The Morgan fingerprint density at radius 3 is 2.78 bits per heavy atom. The van der Waals surface area contributed by atoms with Crippen molar-refractivity contribution in [3.63, 3.8) is 0 Å². The Morgan fingerprint density at radius 1 is 1.33 bits per heavy atom. The summed E-state index contributed by atoms with van der Waals surface area (Å²) in [6.07, 6.45) is 3.64. The van der Waals surface area contributed by atoms with Crippen LogP contribution in [0.1, 0.15) is 38.9 Å². The zero-order valence-corrected chi connectivity index (χ0v) is 11.6. The van der Waals surface area contributed by atoms with E-state index in [4.69, 9.17) is 10.5 Å². The Kier molecular flexibility index (Phi) is 6.43. The van der Waals surface area contributed by atoms with Crippen LogP contribution in [0.15, 0.2) is 6.07 Å². The molecule has 0 unspecified atom stereocenters. The van der Waals surface area contributed by atoms with Gasteiger partial charge in [0.15, 0.2) is 5.82 Å². The molecular formula is C13H24N4O. The summed E-state index contributed by atoms with van der Waals surface area (Å²) < 4.78 is 5.00. The van der Waals surface area contributed by atoms with Gasteiger partial charge in [0.1, 0.15) is 18.2 Å². The molecule has 0 atom stereocenters. The first-order valence-electron chi connectivity index (χ1n) is 6.48. The van der Waals surface area contributed by atoms with Gasteiger partial charge in [-0.05, 0) is 12.3 Å². The van der Waals surface area contributed by atoms with Crippen LogP contribution in [0.4, 0.5) is 11.6 Å². The van der Waals surface area contributed by atoms with Gasteiger partial charge < -0.3 is 15.8 Å². The third-order valence-electron chi connectivity index (χ3n) is 2.58. The molecule has 1 aromatic heterocycles. The van der Waals surface area contributed by atoms with Crippen molar-refractivity contribution in [3.05, 3.63) is 11.9 Å². The average Bonchev–Trinajstić information content (AvgIpc) is 2.28. The van der Waals surface area contributed by atoms with Gasteiger partial charge in [0, 0.05) is 19.7 Å². The molecule has 0 spiro atoms. The zero-order chi connectivity index (χ0) is 13.4. The van der Waals surface area contributed by atoms with Gasteiger partial charge in [-0.3, -0.25) is 0 Å². The molecule has 0 aliphatic carbocycles. The van der Waals surface area contributed by atoms with Crippen LogP contribution in [-0.4, -0.2) is 23.6 Å². The first-order valence-corrected chi connectivity index (χ1v) is 6.48. The van der Waals surface area contributed by atoms with Crippen LogP contribution < -0.4 is 11.1 Å². The van der Waals surface area contributed by atoms with Crippen molar-refractivity contribution in [2.24, 2.45) is 5.92 Å². The third-order valence-corrected chi connectivity index (χ3v) is 2.58. The van der Waals surface area contributed by atoms with Gasteiger partial charge in [-0.15, -0.1) is 0 Å². The summed E-state index contributed by atoms with van der Waals surface area (Å²) >= 11 is 0. The molecule has 1 heterocycles. The second kappa shape index (κ2) is 7.87. The summed E-state index contributed by atoms with van der Waals surface area (Å²) in [4.78, 5) is 8.42. The number of nitrogens with one attached hydrogen (secondary N) is 1. The molecule has 1 aromatic rings. The van der Waals surface area contributed by atoms with E-state index in [9.17, 15) is 0 Å². The van der Waals surface area contributed by atoms with E-state index in [1.807, 2.05) is 0 Å². The van der Waals surface area contributed by atoms with Crippen molar-refractivity contribution in [1.29, 1.82) is 0 Å². The van der Waals surface area contributed by atoms with Gasteiger partial charge >= 0.3 is 0 Å². The molecule has 0 bridgehead atoms. The number of hydrogen-bond donors (Lipinski definition) is 2. The summed E-state index contributed by atoms with van der Waals surface area (Å²) in [5.74, 6) is 2.64. The van der Waals surface area contributed by atoms with Crippen molar-refractivity contribution in [2.75, 3.05) is 24.7 Å². The molecule has 0 saturated carbocycles. The number of ether oxygens (including phenoxy) is 1. The van der Waals surface area contributed by atoms with Gasteiger partial charge in [-0.2, -0.15) is 0 Å². The van der Waals surface area contributed by atoms with Crippen molar-refractivity contribution in [3.8, 4) is 0 Å². The van der Waals surface area contributed by atoms with E-state index in [2.05, 4.69) is 29.1 Å². The summed E-state index contributed by atoms with van der Waals surface area (Å²) in [5, 5.41) is 3.27. The summed E-state index contributed by atoms with van der Waals surface area (Å²) in [5.41, 5.74) is 5.71. The monoisotopic (exact) mass is 252 g/mol. The lowest BCUT2D eigenvalue weighted by Crippen LogP contribution is -2.08. The van der Waals surface area contributed by atoms with Crippen molar-refractivity contribution < 1.29 is 4.74 Å². The lowest BCUT2D eigenvalue weighted by atomic mass is 10.1. The number of nitrogen functional groups attached to an aromatic ring is 1. The number of unbranched alkanes of at least 4 members (excludes halogenated alkanes) is 1. The molecule has 5 nitrogen and oxygen atoms in total. The first kappa shape index (κ1) is 14.7. The molecule has 0 aliphatic rings. The van der Waals surface area contributed by atoms with Crippen LogP contribution in [0.25, 0.3) is 0 Å². The Labute approximate surface area is 109 Å². The maximum Gasteiger partial charge on any atom is 0.158 e. The molecule has 3 N–H and O–H groups in total. The molecule has 0 saturated heterocycles. The Hall–Kier alpha value is -1.36. The number of methoxy groups -OCH3 is 1. The normalized spacial score (nSPS) is 10.9. The van der Waals surface area contributed by atoms with Crippen LogP contribution >= 0.6 is 0 Å². The van der Waals surface area contributed by atoms with Gasteiger partial charge in [0.25, 0.3) is 0 Å². The average molecular weight is 252 g/mol. The molecule has 1 rings (SSSR count). The highest BCUT2D eigenvalue weighted by Gasteiger charge is 2.02. The number of nitrogens with zero attached hydrogens (tertiary/aromatic N) is 2. The number of anilines is 2. The summed E-state index contributed by atoms with van der Waals surface area (Å²) in [7, 11) is 1.62. The Bertz CT molecular complexity index is 355. The van der Waals surface area contributed by atoms with E-state index >= 15 is 0 Å². The van der Waals surface area contributed by atoms with Crippen molar-refractivity contribution in [1.82, 2.24) is 9.97 Å². The number of nitrogens with two attached hydrogens (primary N) is 1. The van der Waals surface area contributed by atoms with Crippen LogP contribution in [0.3, 0.4) is 0 Å². The smallest absolute Gasteiger partial charge is 0.158 e. The number of hydrogen-bond acceptors (Lipinski definition) is 5. The highest BCUT2D eigenvalue weighted by atomic mass is 16.5. The van der Waals surface area contributed by atoms with Crippen molar-refractivity contribution >= 4 is 11.6 Å². The molecule has 0 aromatic carbocycles. The fourth-order valence-corrected chi connectivity index (χ4v) is 1.70. The number of rotatable bonds is 8. The SMILES string of the molecule is COCc1nc(N)cc(NCCCCC(C)C)n1. The van der Waals surface area contributed by atoms with Crippen LogP contribution in [-0.2, 0) is 11.3 Å². The molecule has 0 aliphatic heterocycles. The predicted octanol–water partition coefficient (Wildman–Crippen LogP) is 2.44. The lowest BCUT2D eigenvalue weighted by Gasteiger charge is -2.08. The van der Waals surface area contributed by atoms with Gasteiger partial charge in [-0.25, -0.2) is 9.97 Å². The van der Waals surface area contributed by atoms with Gasteiger partial charge in [0.05, 0.1) is 0 Å². The van der Waals surface area contributed by atoms with Gasteiger partial charge in [0.2, 0.25) is 0 Å². The van der Waals surface area contributed by atoms with Crippen LogP contribution in [0, 0.1) is 5.92 Å². The maximum absolute atomic E-state index is 5.71. The summed E-state index contributed by atoms with van der Waals surface area (Å²) in [6, 6.07) is 1.75. The highest BCUT2D eigenvalue weighted by molar-refractivity contribution is 5.44. The van der Waals surface area contributed by atoms with Crippen LogP contribution in [0.5, 0.6) is 0 Å². The van der Waals surface area contributed by atoms with Crippen molar-refractivity contribution in [2.45, 2.75) is 39.7 Å². The largest absolute Gasteiger partial charge is 0.384 e. The molecule has 5 heteroatoms. The lowest BCUT2D eigenvalue weighted by molar-refractivity contribution is 0.178. The summed E-state index contributed by atoms with van der Waals surface area (Å²) in [6.45, 7) is 5.79. The standard InChI is InChI=1S/C13H24N4O/c1-10(2)6-4-5-7-15-12-8-11(14)16-13(17-12)9-18-3/h8,10H,4-7,9H2,1-3H3,(H3,14,15,16,17). The topological polar surface area (TPSA) is 73.1 Å². The molecule has 0 radical (unpaired) electrons. The Balaban J connectivity index is 2.37. The minimum Gasteiger partial charge on any atom is -0.384 e. The minimum atomic E-state index is 0.382. The molecule has 102 valence electrons. The molecule has 18 heavy (non-hydrogen) atoms. The fraction of sp³-hybridized carbons (Fsp3) is 0.692. The number of aromatic nitrogens is 2. The predicted molar refractivity (Wildman–Crippen MR) is 74.3 cm³/mol. The van der Waals surface area contributed by atoms with Crippen LogP contribution in [0.2, 0.25) is 0 Å². The van der Waals surface area contributed by atoms with E-state index in [0.717, 1.165) is 24.7 Å². The maximum atomic E-state index is 5.71.